The highest BCUT2D eigenvalue weighted by Gasteiger charge is 2.26. The molecule has 1 fully saturated rings. The molecule has 2 rings (SSSR count). The average Bonchev–Trinajstić information content (AvgIpc) is 2.34. The molecule has 0 radical (unpaired) electrons. The third-order valence-corrected chi connectivity index (χ3v) is 3.07. The SMILES string of the molecule is NC(=O)C1CCN(c2nc(F)c(F)cc2F)CC1. The van der Waals surface area contributed by atoms with Gasteiger partial charge in [-0.15, -0.1) is 0 Å². The molecule has 1 aliphatic heterocycles. The fraction of sp³-hybridized carbons (Fsp3) is 0.455. The molecule has 2 heterocycles. The molecule has 1 aliphatic rings. The number of pyridine rings is 1. The Labute approximate surface area is 102 Å². The van der Waals surface area contributed by atoms with Crippen molar-refractivity contribution in [2.24, 2.45) is 11.7 Å². The number of nitrogens with zero attached hydrogens (tertiary/aromatic N) is 2. The lowest BCUT2D eigenvalue weighted by Gasteiger charge is -2.31. The van der Waals surface area contributed by atoms with E-state index >= 15 is 0 Å². The van der Waals surface area contributed by atoms with Gasteiger partial charge in [0.05, 0.1) is 0 Å². The Morgan fingerprint density at radius 3 is 2.44 bits per heavy atom. The minimum Gasteiger partial charge on any atom is -0.369 e. The summed E-state index contributed by atoms with van der Waals surface area (Å²) in [6, 6.07) is 0.470. The van der Waals surface area contributed by atoms with Gasteiger partial charge in [-0.1, -0.05) is 0 Å². The molecule has 0 atom stereocenters. The van der Waals surface area contributed by atoms with Crippen molar-refractivity contribution in [3.05, 3.63) is 23.6 Å². The lowest BCUT2D eigenvalue weighted by atomic mass is 9.96. The van der Waals surface area contributed by atoms with Crippen molar-refractivity contribution in [2.75, 3.05) is 18.0 Å². The number of halogens is 3. The third-order valence-electron chi connectivity index (χ3n) is 3.07. The summed E-state index contributed by atoms with van der Waals surface area (Å²) in [6.45, 7) is 0.672. The summed E-state index contributed by atoms with van der Waals surface area (Å²) in [5.41, 5.74) is 5.17. The van der Waals surface area contributed by atoms with Crippen LogP contribution in [0.5, 0.6) is 0 Å². The summed E-state index contributed by atoms with van der Waals surface area (Å²) in [5, 5.41) is 0. The standard InChI is InChI=1S/C11H12F3N3O/c12-7-5-8(13)11(16-9(7)14)17-3-1-6(2-4-17)10(15)18/h5-6H,1-4H2,(H2,15,18). The highest BCUT2D eigenvalue weighted by Crippen LogP contribution is 2.24. The molecule has 1 aromatic rings. The van der Waals surface area contributed by atoms with Gasteiger partial charge < -0.3 is 10.6 Å². The molecule has 1 saturated heterocycles. The summed E-state index contributed by atoms with van der Waals surface area (Å²) >= 11 is 0. The predicted octanol–water partition coefficient (Wildman–Crippen LogP) is 1.20. The van der Waals surface area contributed by atoms with E-state index < -0.39 is 23.5 Å². The quantitative estimate of drug-likeness (QED) is 0.812. The zero-order valence-corrected chi connectivity index (χ0v) is 9.50. The van der Waals surface area contributed by atoms with Crippen LogP contribution in [0, 0.1) is 23.5 Å². The molecule has 18 heavy (non-hydrogen) atoms. The Morgan fingerprint density at radius 1 is 1.28 bits per heavy atom. The molecule has 0 saturated carbocycles. The molecule has 2 N–H and O–H groups in total. The number of rotatable bonds is 2. The highest BCUT2D eigenvalue weighted by molar-refractivity contribution is 5.76. The van der Waals surface area contributed by atoms with E-state index in [1.54, 1.807) is 0 Å². The van der Waals surface area contributed by atoms with Crippen LogP contribution in [-0.2, 0) is 4.79 Å². The number of aromatic nitrogens is 1. The molecule has 0 bridgehead atoms. The molecule has 98 valence electrons. The van der Waals surface area contributed by atoms with Gasteiger partial charge >= 0.3 is 0 Å². The average molecular weight is 259 g/mol. The second kappa shape index (κ2) is 4.83. The largest absolute Gasteiger partial charge is 0.369 e. The van der Waals surface area contributed by atoms with Crippen molar-refractivity contribution in [3.8, 4) is 0 Å². The van der Waals surface area contributed by atoms with E-state index in [9.17, 15) is 18.0 Å². The van der Waals surface area contributed by atoms with Crippen molar-refractivity contribution in [1.82, 2.24) is 4.98 Å². The van der Waals surface area contributed by atoms with Crippen LogP contribution < -0.4 is 10.6 Å². The minimum atomic E-state index is -1.33. The summed E-state index contributed by atoms with van der Waals surface area (Å²) in [7, 11) is 0. The van der Waals surface area contributed by atoms with Gasteiger partial charge in [0.15, 0.2) is 17.5 Å². The van der Waals surface area contributed by atoms with Crippen LogP contribution in [0.15, 0.2) is 6.07 Å². The second-order valence-electron chi connectivity index (χ2n) is 4.23. The third kappa shape index (κ3) is 2.39. The van der Waals surface area contributed by atoms with E-state index in [2.05, 4.69) is 4.98 Å². The first-order chi connectivity index (χ1) is 8.49. The minimum absolute atomic E-state index is 0.225. The lowest BCUT2D eigenvalue weighted by Crippen LogP contribution is -2.39. The molecule has 1 amide bonds. The van der Waals surface area contributed by atoms with E-state index in [1.165, 1.54) is 4.90 Å². The maximum absolute atomic E-state index is 13.5. The van der Waals surface area contributed by atoms with Crippen molar-refractivity contribution in [1.29, 1.82) is 0 Å². The molecular weight excluding hydrogens is 247 g/mol. The Balaban J connectivity index is 2.15. The van der Waals surface area contributed by atoms with Gasteiger partial charge in [-0.2, -0.15) is 9.37 Å². The van der Waals surface area contributed by atoms with Gasteiger partial charge in [-0.25, -0.2) is 8.78 Å². The van der Waals surface area contributed by atoms with Gasteiger partial charge in [-0.3, -0.25) is 4.79 Å². The van der Waals surface area contributed by atoms with Crippen LogP contribution in [0.1, 0.15) is 12.8 Å². The number of primary amides is 1. The number of nitrogens with two attached hydrogens (primary N) is 1. The summed E-state index contributed by atoms with van der Waals surface area (Å²) in [4.78, 5) is 15.7. The van der Waals surface area contributed by atoms with Crippen LogP contribution in [0.2, 0.25) is 0 Å². The van der Waals surface area contributed by atoms with Gasteiger partial charge in [0.2, 0.25) is 5.91 Å². The Hall–Kier alpha value is -1.79. The topological polar surface area (TPSA) is 59.2 Å². The van der Waals surface area contributed by atoms with Crippen molar-refractivity contribution in [3.63, 3.8) is 0 Å². The van der Waals surface area contributed by atoms with E-state index in [4.69, 9.17) is 5.73 Å². The second-order valence-corrected chi connectivity index (χ2v) is 4.23. The van der Waals surface area contributed by atoms with Crippen LogP contribution in [-0.4, -0.2) is 24.0 Å². The normalized spacial score (nSPS) is 16.9. The van der Waals surface area contributed by atoms with Gasteiger partial charge in [0.1, 0.15) is 0 Å². The summed E-state index contributed by atoms with van der Waals surface area (Å²) < 4.78 is 39.2. The highest BCUT2D eigenvalue weighted by atomic mass is 19.2. The monoisotopic (exact) mass is 259 g/mol. The molecule has 0 spiro atoms. The zero-order chi connectivity index (χ0) is 13.3. The van der Waals surface area contributed by atoms with Crippen LogP contribution in [0.25, 0.3) is 0 Å². The molecular formula is C11H12F3N3O. The van der Waals surface area contributed by atoms with Crippen LogP contribution >= 0.6 is 0 Å². The molecule has 0 aromatic carbocycles. The Morgan fingerprint density at radius 2 is 1.89 bits per heavy atom. The van der Waals surface area contributed by atoms with Crippen LogP contribution in [0.4, 0.5) is 19.0 Å². The molecule has 0 aliphatic carbocycles. The van der Waals surface area contributed by atoms with Gasteiger partial charge in [-0.05, 0) is 12.8 Å². The number of hydrogen-bond donors (Lipinski definition) is 1. The Kier molecular flexibility index (Phi) is 3.40. The number of anilines is 1. The van der Waals surface area contributed by atoms with Crippen molar-refractivity contribution in [2.45, 2.75) is 12.8 Å². The van der Waals surface area contributed by atoms with Gasteiger partial charge in [0.25, 0.3) is 5.95 Å². The number of hydrogen-bond acceptors (Lipinski definition) is 3. The first kappa shape index (κ1) is 12.7. The number of piperidine rings is 1. The first-order valence-electron chi connectivity index (χ1n) is 5.55. The number of amides is 1. The Bertz CT molecular complexity index is 473. The van der Waals surface area contributed by atoms with E-state index in [0.717, 1.165) is 0 Å². The zero-order valence-electron chi connectivity index (χ0n) is 9.50. The molecule has 1 aromatic heterocycles. The van der Waals surface area contributed by atoms with Crippen molar-refractivity contribution < 1.29 is 18.0 Å². The lowest BCUT2D eigenvalue weighted by molar-refractivity contribution is -0.122. The van der Waals surface area contributed by atoms with Crippen LogP contribution in [0.3, 0.4) is 0 Å². The summed E-state index contributed by atoms with van der Waals surface area (Å²) in [5.74, 6) is -4.43. The fourth-order valence-electron chi connectivity index (χ4n) is 2.03. The number of carbonyl (C=O) groups excluding carboxylic acids is 1. The summed E-state index contributed by atoms with van der Waals surface area (Å²) in [6.07, 6.45) is 0.908. The maximum atomic E-state index is 13.5. The molecule has 4 nitrogen and oxygen atoms in total. The van der Waals surface area contributed by atoms with Crippen molar-refractivity contribution >= 4 is 11.7 Å². The molecule has 0 unspecified atom stereocenters. The molecule has 7 heteroatoms. The first-order valence-corrected chi connectivity index (χ1v) is 5.55. The smallest absolute Gasteiger partial charge is 0.251 e. The predicted molar refractivity (Wildman–Crippen MR) is 58.2 cm³/mol. The maximum Gasteiger partial charge on any atom is 0.251 e. The van der Waals surface area contributed by atoms with E-state index in [0.29, 0.717) is 32.0 Å². The van der Waals surface area contributed by atoms with E-state index in [-0.39, 0.29) is 11.7 Å². The van der Waals surface area contributed by atoms with E-state index in [1.807, 2.05) is 0 Å². The number of carbonyl (C=O) groups is 1. The fourth-order valence-corrected chi connectivity index (χ4v) is 2.03. The van der Waals surface area contributed by atoms with Gasteiger partial charge in [0, 0.05) is 25.1 Å².